The average molecular weight is 244 g/mol. The van der Waals surface area contributed by atoms with Gasteiger partial charge in [0, 0.05) is 18.8 Å². The summed E-state index contributed by atoms with van der Waals surface area (Å²) in [6.07, 6.45) is 3.88. The number of hydrogen-bond donors (Lipinski definition) is 2. The van der Waals surface area contributed by atoms with Crippen molar-refractivity contribution in [2.24, 2.45) is 5.92 Å². The molecule has 4 nitrogen and oxygen atoms in total. The molecule has 0 spiro atoms. The van der Waals surface area contributed by atoms with Gasteiger partial charge in [0.15, 0.2) is 0 Å². The molecule has 1 unspecified atom stereocenters. The lowest BCUT2D eigenvalue weighted by Gasteiger charge is -2.14. The van der Waals surface area contributed by atoms with Crippen LogP contribution in [0.4, 0.5) is 11.6 Å². The maximum atomic E-state index is 5.79. The largest absolute Gasteiger partial charge is 0.399 e. The molecule has 1 atom stereocenters. The average Bonchev–Trinajstić information content (AvgIpc) is 2.94. The third kappa shape index (κ3) is 2.03. The molecule has 2 heterocycles. The van der Waals surface area contributed by atoms with E-state index in [4.69, 9.17) is 5.73 Å². The summed E-state index contributed by atoms with van der Waals surface area (Å²) in [4.78, 5) is 10.4. The monoisotopic (exact) mass is 244 g/mol. The fourth-order valence-electron chi connectivity index (χ4n) is 2.83. The molecule has 2 aromatic rings. The van der Waals surface area contributed by atoms with Crippen molar-refractivity contribution in [3.63, 3.8) is 0 Å². The number of aromatic nitrogens is 2. The van der Waals surface area contributed by atoms with E-state index in [1.807, 2.05) is 18.2 Å². The molecule has 4 heteroatoms. The fraction of sp³-hybridized carbons (Fsp3) is 0.500. The summed E-state index contributed by atoms with van der Waals surface area (Å²) in [6, 6.07) is 5.83. The number of aromatic amines is 1. The van der Waals surface area contributed by atoms with Crippen molar-refractivity contribution in [2.75, 3.05) is 23.7 Å². The molecular weight excluding hydrogens is 224 g/mol. The van der Waals surface area contributed by atoms with Gasteiger partial charge in [0.1, 0.15) is 0 Å². The molecule has 96 valence electrons. The molecule has 0 bridgehead atoms. The van der Waals surface area contributed by atoms with E-state index in [-0.39, 0.29) is 0 Å². The molecule has 0 radical (unpaired) electrons. The highest BCUT2D eigenvalue weighted by molar-refractivity contribution is 5.80. The third-order valence-corrected chi connectivity index (χ3v) is 3.78. The number of nitrogen functional groups attached to an aromatic ring is 1. The third-order valence-electron chi connectivity index (χ3n) is 3.78. The summed E-state index contributed by atoms with van der Waals surface area (Å²) >= 11 is 0. The van der Waals surface area contributed by atoms with E-state index in [1.165, 1.54) is 19.3 Å². The van der Waals surface area contributed by atoms with E-state index in [0.29, 0.717) is 0 Å². The van der Waals surface area contributed by atoms with Crippen LogP contribution in [0, 0.1) is 5.92 Å². The predicted molar refractivity (Wildman–Crippen MR) is 75.7 cm³/mol. The van der Waals surface area contributed by atoms with Crippen molar-refractivity contribution in [1.29, 1.82) is 0 Å². The highest BCUT2D eigenvalue weighted by Crippen LogP contribution is 2.26. The first-order chi connectivity index (χ1) is 8.76. The minimum Gasteiger partial charge on any atom is -0.399 e. The Hall–Kier alpha value is -1.71. The fourth-order valence-corrected chi connectivity index (χ4v) is 2.83. The zero-order chi connectivity index (χ0) is 12.5. The summed E-state index contributed by atoms with van der Waals surface area (Å²) < 4.78 is 0. The predicted octanol–water partition coefficient (Wildman–Crippen LogP) is 2.77. The molecule has 0 amide bonds. The number of fused-ring (bicyclic) bond motifs is 1. The Balaban J connectivity index is 1.82. The van der Waals surface area contributed by atoms with Crippen molar-refractivity contribution >= 4 is 22.7 Å². The molecule has 0 aliphatic carbocycles. The molecular formula is C14H20N4. The number of nitrogens with zero attached hydrogens (tertiary/aromatic N) is 2. The van der Waals surface area contributed by atoms with E-state index in [2.05, 4.69) is 21.8 Å². The maximum Gasteiger partial charge on any atom is 0.203 e. The standard InChI is InChI=1S/C14H20N4/c1-2-3-10-6-7-18(9-10)14-16-12-5-4-11(15)8-13(12)17-14/h4-5,8,10H,2-3,6-7,9,15H2,1H3,(H,16,17). The Morgan fingerprint density at radius 3 is 3.22 bits per heavy atom. The molecule has 1 fully saturated rings. The van der Waals surface area contributed by atoms with Crippen LogP contribution in [-0.2, 0) is 0 Å². The molecule has 1 aliphatic heterocycles. The Morgan fingerprint density at radius 1 is 1.50 bits per heavy atom. The van der Waals surface area contributed by atoms with Crippen LogP contribution in [0.25, 0.3) is 11.0 Å². The number of nitrogens with two attached hydrogens (primary N) is 1. The van der Waals surface area contributed by atoms with E-state index in [0.717, 1.165) is 41.7 Å². The van der Waals surface area contributed by atoms with E-state index < -0.39 is 0 Å². The minimum absolute atomic E-state index is 0.781. The Labute approximate surface area is 107 Å². The van der Waals surface area contributed by atoms with Crippen LogP contribution in [-0.4, -0.2) is 23.1 Å². The normalized spacial score (nSPS) is 19.8. The molecule has 18 heavy (non-hydrogen) atoms. The summed E-state index contributed by atoms with van der Waals surface area (Å²) in [6.45, 7) is 4.50. The van der Waals surface area contributed by atoms with Gasteiger partial charge < -0.3 is 15.6 Å². The van der Waals surface area contributed by atoms with Gasteiger partial charge in [-0.25, -0.2) is 4.98 Å². The van der Waals surface area contributed by atoms with Crippen LogP contribution >= 0.6 is 0 Å². The molecule has 3 N–H and O–H groups in total. The van der Waals surface area contributed by atoms with Crippen molar-refractivity contribution in [2.45, 2.75) is 26.2 Å². The number of H-pyrrole nitrogens is 1. The Kier molecular flexibility index (Phi) is 2.86. The second kappa shape index (κ2) is 4.52. The van der Waals surface area contributed by atoms with Crippen molar-refractivity contribution in [3.05, 3.63) is 18.2 Å². The molecule has 3 rings (SSSR count). The van der Waals surface area contributed by atoms with E-state index in [9.17, 15) is 0 Å². The highest BCUT2D eigenvalue weighted by Gasteiger charge is 2.23. The topological polar surface area (TPSA) is 57.9 Å². The summed E-state index contributed by atoms with van der Waals surface area (Å²) in [5.41, 5.74) is 8.60. The van der Waals surface area contributed by atoms with Crippen LogP contribution in [0.3, 0.4) is 0 Å². The minimum atomic E-state index is 0.781. The van der Waals surface area contributed by atoms with Gasteiger partial charge in [-0.05, 0) is 37.0 Å². The van der Waals surface area contributed by atoms with Crippen LogP contribution in [0.15, 0.2) is 18.2 Å². The lowest BCUT2D eigenvalue weighted by atomic mass is 10.0. The first-order valence-corrected chi connectivity index (χ1v) is 6.76. The zero-order valence-electron chi connectivity index (χ0n) is 10.8. The quantitative estimate of drug-likeness (QED) is 0.816. The molecule has 1 aliphatic rings. The Morgan fingerprint density at radius 2 is 2.39 bits per heavy atom. The van der Waals surface area contributed by atoms with Gasteiger partial charge in [0.25, 0.3) is 0 Å². The second-order valence-corrected chi connectivity index (χ2v) is 5.23. The van der Waals surface area contributed by atoms with Gasteiger partial charge in [0.2, 0.25) is 5.95 Å². The first kappa shape index (κ1) is 11.4. The Bertz CT molecular complexity index is 546. The number of imidazole rings is 1. The number of benzene rings is 1. The molecule has 0 saturated carbocycles. The lowest BCUT2D eigenvalue weighted by molar-refractivity contribution is 0.529. The molecule has 1 aromatic heterocycles. The van der Waals surface area contributed by atoms with Gasteiger partial charge in [-0.2, -0.15) is 0 Å². The van der Waals surface area contributed by atoms with Crippen molar-refractivity contribution < 1.29 is 0 Å². The molecule has 1 saturated heterocycles. The van der Waals surface area contributed by atoms with Crippen LogP contribution < -0.4 is 10.6 Å². The smallest absolute Gasteiger partial charge is 0.203 e. The number of hydrogen-bond acceptors (Lipinski definition) is 3. The van der Waals surface area contributed by atoms with Crippen molar-refractivity contribution in [1.82, 2.24) is 9.97 Å². The van der Waals surface area contributed by atoms with Gasteiger partial charge in [-0.3, -0.25) is 0 Å². The first-order valence-electron chi connectivity index (χ1n) is 6.76. The van der Waals surface area contributed by atoms with Crippen LogP contribution in [0.5, 0.6) is 0 Å². The highest BCUT2D eigenvalue weighted by atomic mass is 15.3. The summed E-state index contributed by atoms with van der Waals surface area (Å²) in [7, 11) is 0. The number of anilines is 2. The maximum absolute atomic E-state index is 5.79. The van der Waals surface area contributed by atoms with Crippen LogP contribution in [0.2, 0.25) is 0 Å². The second-order valence-electron chi connectivity index (χ2n) is 5.23. The van der Waals surface area contributed by atoms with Crippen LogP contribution in [0.1, 0.15) is 26.2 Å². The SMILES string of the molecule is CCCC1CCN(c2nc3ccc(N)cc3[nH]2)C1. The van der Waals surface area contributed by atoms with Gasteiger partial charge in [0.05, 0.1) is 11.0 Å². The molecule has 1 aromatic carbocycles. The van der Waals surface area contributed by atoms with Gasteiger partial charge >= 0.3 is 0 Å². The summed E-state index contributed by atoms with van der Waals surface area (Å²) in [5, 5.41) is 0. The van der Waals surface area contributed by atoms with Gasteiger partial charge in [-0.1, -0.05) is 13.3 Å². The van der Waals surface area contributed by atoms with E-state index in [1.54, 1.807) is 0 Å². The summed E-state index contributed by atoms with van der Waals surface area (Å²) in [5.74, 6) is 1.82. The number of nitrogens with one attached hydrogen (secondary N) is 1. The zero-order valence-corrected chi connectivity index (χ0v) is 10.8. The van der Waals surface area contributed by atoms with Crippen molar-refractivity contribution in [3.8, 4) is 0 Å². The lowest BCUT2D eigenvalue weighted by Crippen LogP contribution is -2.20. The number of rotatable bonds is 3. The van der Waals surface area contributed by atoms with Gasteiger partial charge in [-0.15, -0.1) is 0 Å². The van der Waals surface area contributed by atoms with E-state index >= 15 is 0 Å².